The van der Waals surface area contributed by atoms with Gasteiger partial charge in [0.25, 0.3) is 0 Å². The Labute approximate surface area is 100 Å². The zero-order valence-electron chi connectivity index (χ0n) is 8.02. The fraction of sp³-hybridized carbons (Fsp3) is 0.556. The quantitative estimate of drug-likeness (QED) is 0.907. The molecule has 0 spiro atoms. The third kappa shape index (κ3) is 2.49. The average molecular weight is 291 g/mol. The van der Waals surface area contributed by atoms with Gasteiger partial charge in [0.1, 0.15) is 4.60 Å². The summed E-state index contributed by atoms with van der Waals surface area (Å²) in [7, 11) is 0. The van der Waals surface area contributed by atoms with Crippen LogP contribution in [0.1, 0.15) is 12.8 Å². The van der Waals surface area contributed by atoms with Crippen LogP contribution in [0.3, 0.4) is 0 Å². The molecule has 1 fully saturated rings. The lowest BCUT2D eigenvalue weighted by molar-refractivity contribution is -0.142. The molecule has 2 heterocycles. The van der Waals surface area contributed by atoms with Crippen molar-refractivity contribution in [2.24, 2.45) is 5.92 Å². The van der Waals surface area contributed by atoms with E-state index in [-0.39, 0.29) is 5.92 Å². The molecule has 0 bridgehead atoms. The van der Waals surface area contributed by atoms with Gasteiger partial charge >= 0.3 is 5.97 Å². The monoisotopic (exact) mass is 290 g/mol. The van der Waals surface area contributed by atoms with Gasteiger partial charge in [0.05, 0.1) is 5.92 Å². The molecule has 1 aromatic heterocycles. The van der Waals surface area contributed by atoms with Gasteiger partial charge in [-0.15, -0.1) is 11.3 Å². The SMILES string of the molecule is O=C(O)C1CCN(c2nc(Br)cs2)CC1. The number of thiazole rings is 1. The number of halogens is 1. The number of anilines is 1. The molecular weight excluding hydrogens is 280 g/mol. The molecule has 1 aliphatic heterocycles. The molecule has 15 heavy (non-hydrogen) atoms. The summed E-state index contributed by atoms with van der Waals surface area (Å²) in [5, 5.41) is 11.8. The fourth-order valence-corrected chi connectivity index (χ4v) is 3.01. The van der Waals surface area contributed by atoms with E-state index < -0.39 is 5.97 Å². The van der Waals surface area contributed by atoms with E-state index in [4.69, 9.17) is 5.11 Å². The van der Waals surface area contributed by atoms with Crippen LogP contribution in [0.5, 0.6) is 0 Å². The summed E-state index contributed by atoms with van der Waals surface area (Å²) < 4.78 is 0.850. The number of carboxylic acids is 1. The van der Waals surface area contributed by atoms with Gasteiger partial charge in [-0.25, -0.2) is 4.98 Å². The van der Waals surface area contributed by atoms with Gasteiger partial charge in [-0.2, -0.15) is 0 Å². The van der Waals surface area contributed by atoms with Crippen molar-refractivity contribution >= 4 is 38.4 Å². The molecule has 1 saturated heterocycles. The van der Waals surface area contributed by atoms with E-state index in [1.807, 2.05) is 5.38 Å². The molecule has 0 unspecified atom stereocenters. The highest BCUT2D eigenvalue weighted by molar-refractivity contribution is 9.10. The molecule has 0 amide bonds. The van der Waals surface area contributed by atoms with Crippen LogP contribution in [0.4, 0.5) is 5.13 Å². The second-order valence-electron chi connectivity index (χ2n) is 3.55. The van der Waals surface area contributed by atoms with Crippen molar-refractivity contribution in [1.82, 2.24) is 4.98 Å². The molecule has 0 aliphatic carbocycles. The van der Waals surface area contributed by atoms with Crippen LogP contribution < -0.4 is 4.90 Å². The number of piperidine rings is 1. The van der Waals surface area contributed by atoms with Crippen LogP contribution in [0.25, 0.3) is 0 Å². The van der Waals surface area contributed by atoms with Crippen molar-refractivity contribution in [2.45, 2.75) is 12.8 Å². The van der Waals surface area contributed by atoms with Gasteiger partial charge in [-0.3, -0.25) is 4.79 Å². The molecular formula is C9H11BrN2O2S. The topological polar surface area (TPSA) is 53.4 Å². The number of hydrogen-bond acceptors (Lipinski definition) is 4. The maximum atomic E-state index is 10.8. The zero-order chi connectivity index (χ0) is 10.8. The van der Waals surface area contributed by atoms with Crippen molar-refractivity contribution in [3.8, 4) is 0 Å². The summed E-state index contributed by atoms with van der Waals surface area (Å²) in [5.41, 5.74) is 0. The zero-order valence-corrected chi connectivity index (χ0v) is 10.4. The van der Waals surface area contributed by atoms with E-state index in [9.17, 15) is 4.79 Å². The van der Waals surface area contributed by atoms with Crippen LogP contribution in [0, 0.1) is 5.92 Å². The number of rotatable bonds is 2. The lowest BCUT2D eigenvalue weighted by Gasteiger charge is -2.29. The van der Waals surface area contributed by atoms with Crippen molar-refractivity contribution in [1.29, 1.82) is 0 Å². The molecule has 1 aromatic rings. The number of hydrogen-bond donors (Lipinski definition) is 1. The summed E-state index contributed by atoms with van der Waals surface area (Å²) in [5.74, 6) is -0.848. The smallest absolute Gasteiger partial charge is 0.306 e. The fourth-order valence-electron chi connectivity index (χ4n) is 1.71. The Kier molecular flexibility index (Phi) is 3.25. The molecule has 2 rings (SSSR count). The first-order valence-electron chi connectivity index (χ1n) is 4.75. The van der Waals surface area contributed by atoms with Gasteiger partial charge in [0, 0.05) is 18.5 Å². The van der Waals surface area contributed by atoms with Gasteiger partial charge in [0.15, 0.2) is 5.13 Å². The van der Waals surface area contributed by atoms with E-state index in [1.165, 1.54) is 0 Å². The predicted octanol–water partition coefficient (Wildman–Crippen LogP) is 2.21. The number of aliphatic carboxylic acids is 1. The third-order valence-electron chi connectivity index (χ3n) is 2.58. The Morgan fingerprint density at radius 3 is 2.73 bits per heavy atom. The van der Waals surface area contributed by atoms with Crippen molar-refractivity contribution < 1.29 is 9.90 Å². The summed E-state index contributed by atoms with van der Waals surface area (Å²) in [4.78, 5) is 17.2. The van der Waals surface area contributed by atoms with Gasteiger partial charge in [0.2, 0.25) is 0 Å². The highest BCUT2D eigenvalue weighted by Crippen LogP contribution is 2.27. The lowest BCUT2D eigenvalue weighted by Crippen LogP contribution is -2.36. The van der Waals surface area contributed by atoms with E-state index in [2.05, 4.69) is 25.8 Å². The van der Waals surface area contributed by atoms with Crippen molar-refractivity contribution in [2.75, 3.05) is 18.0 Å². The Morgan fingerprint density at radius 1 is 1.60 bits per heavy atom. The Hall–Kier alpha value is -0.620. The lowest BCUT2D eigenvalue weighted by atomic mass is 9.98. The Morgan fingerprint density at radius 2 is 2.27 bits per heavy atom. The van der Waals surface area contributed by atoms with E-state index in [1.54, 1.807) is 11.3 Å². The molecule has 0 atom stereocenters. The minimum absolute atomic E-state index is 0.176. The largest absolute Gasteiger partial charge is 0.481 e. The second kappa shape index (κ2) is 4.49. The van der Waals surface area contributed by atoms with E-state index in [0.29, 0.717) is 12.8 Å². The molecule has 6 heteroatoms. The molecule has 0 saturated carbocycles. The molecule has 0 radical (unpaired) electrons. The van der Waals surface area contributed by atoms with Gasteiger partial charge in [-0.1, -0.05) is 0 Å². The third-order valence-corrected chi connectivity index (χ3v) is 4.19. The van der Waals surface area contributed by atoms with Crippen LogP contribution in [0.15, 0.2) is 9.98 Å². The van der Waals surface area contributed by atoms with E-state index in [0.717, 1.165) is 22.8 Å². The summed E-state index contributed by atoms with van der Waals surface area (Å²) in [6.45, 7) is 1.58. The van der Waals surface area contributed by atoms with Crippen LogP contribution in [0.2, 0.25) is 0 Å². The first kappa shape index (κ1) is 10.9. The number of carboxylic acid groups (broad SMARTS) is 1. The highest BCUT2D eigenvalue weighted by atomic mass is 79.9. The van der Waals surface area contributed by atoms with Crippen molar-refractivity contribution in [3.63, 3.8) is 0 Å². The minimum Gasteiger partial charge on any atom is -0.481 e. The summed E-state index contributed by atoms with van der Waals surface area (Å²) in [6, 6.07) is 0. The number of aromatic nitrogens is 1. The summed E-state index contributed by atoms with van der Waals surface area (Å²) >= 11 is 4.90. The standard InChI is InChI=1S/C9H11BrN2O2S/c10-7-5-15-9(11-7)12-3-1-6(2-4-12)8(13)14/h5-6H,1-4H2,(H,13,14). The average Bonchev–Trinajstić information content (AvgIpc) is 2.65. The molecule has 0 aromatic carbocycles. The predicted molar refractivity (Wildman–Crippen MR) is 62.4 cm³/mol. The van der Waals surface area contributed by atoms with Crippen LogP contribution in [-0.4, -0.2) is 29.1 Å². The molecule has 4 nitrogen and oxygen atoms in total. The Bertz CT molecular complexity index is 361. The number of carbonyl (C=O) groups is 1. The maximum absolute atomic E-state index is 10.8. The molecule has 1 N–H and O–H groups in total. The first-order chi connectivity index (χ1) is 7.16. The van der Waals surface area contributed by atoms with Crippen LogP contribution in [-0.2, 0) is 4.79 Å². The van der Waals surface area contributed by atoms with E-state index >= 15 is 0 Å². The maximum Gasteiger partial charge on any atom is 0.306 e. The van der Waals surface area contributed by atoms with Gasteiger partial charge in [-0.05, 0) is 28.8 Å². The van der Waals surface area contributed by atoms with Crippen LogP contribution >= 0.6 is 27.3 Å². The number of nitrogens with zero attached hydrogens (tertiary/aromatic N) is 2. The highest BCUT2D eigenvalue weighted by Gasteiger charge is 2.25. The second-order valence-corrected chi connectivity index (χ2v) is 5.20. The molecule has 82 valence electrons. The summed E-state index contributed by atoms with van der Waals surface area (Å²) in [6.07, 6.45) is 1.43. The Balaban J connectivity index is 1.96. The normalized spacial score (nSPS) is 18.1. The minimum atomic E-state index is -0.671. The molecule has 1 aliphatic rings. The van der Waals surface area contributed by atoms with Crippen molar-refractivity contribution in [3.05, 3.63) is 9.98 Å². The first-order valence-corrected chi connectivity index (χ1v) is 6.43. The van der Waals surface area contributed by atoms with Gasteiger partial charge < -0.3 is 10.0 Å².